The predicted molar refractivity (Wildman–Crippen MR) is 118 cm³/mol. The Hall–Kier alpha value is -2.48. The minimum absolute atomic E-state index is 0.281. The van der Waals surface area contributed by atoms with Crippen LogP contribution in [0.15, 0.2) is 48.5 Å². The molecular weight excluding hydrogens is 436 g/mol. The number of aliphatic carboxylic acids is 1. The predicted octanol–water partition coefficient (Wildman–Crippen LogP) is 4.84. The molecule has 1 aliphatic heterocycles. The highest BCUT2D eigenvalue weighted by atomic mass is 35.5. The van der Waals surface area contributed by atoms with Gasteiger partial charge in [0.25, 0.3) is 5.91 Å². The van der Waals surface area contributed by atoms with Gasteiger partial charge in [0.2, 0.25) is 0 Å². The third-order valence-corrected chi connectivity index (χ3v) is 7.09. The van der Waals surface area contributed by atoms with Gasteiger partial charge in [0.15, 0.2) is 0 Å². The van der Waals surface area contributed by atoms with Crippen LogP contribution in [0.1, 0.15) is 42.0 Å². The van der Waals surface area contributed by atoms with E-state index in [9.17, 15) is 14.7 Å². The van der Waals surface area contributed by atoms with Crippen molar-refractivity contribution in [2.75, 3.05) is 6.54 Å². The number of hydrogen-bond acceptors (Lipinski definition) is 5. The third-order valence-electron chi connectivity index (χ3n) is 5.74. The number of thiazole rings is 1. The Balaban J connectivity index is 1.62. The minimum atomic E-state index is -1.06. The van der Waals surface area contributed by atoms with Gasteiger partial charge in [-0.05, 0) is 48.6 Å². The molecule has 5 rings (SSSR count). The fraction of sp³-hybridized carbons (Fsp3) is 0.348. The number of nitrogens with zero attached hydrogens (tertiary/aromatic N) is 2. The van der Waals surface area contributed by atoms with Gasteiger partial charge in [0, 0.05) is 11.6 Å². The average Bonchev–Trinajstić information content (AvgIpc) is 3.45. The normalized spacial score (nSPS) is 24.0. The van der Waals surface area contributed by atoms with E-state index in [4.69, 9.17) is 21.3 Å². The van der Waals surface area contributed by atoms with Crippen LogP contribution in [0.3, 0.4) is 0 Å². The molecule has 31 heavy (non-hydrogen) atoms. The van der Waals surface area contributed by atoms with Gasteiger partial charge in [-0.2, -0.15) is 0 Å². The van der Waals surface area contributed by atoms with Crippen LogP contribution < -0.4 is 0 Å². The number of aromatic nitrogens is 1. The number of ether oxygens (including phenoxy) is 1. The van der Waals surface area contributed by atoms with Crippen molar-refractivity contribution in [1.29, 1.82) is 0 Å². The summed E-state index contributed by atoms with van der Waals surface area (Å²) in [6, 6.07) is 14.8. The van der Waals surface area contributed by atoms with Crippen molar-refractivity contribution in [3.8, 4) is 0 Å². The standard InChI is InChI=1S/C23H21ClN2O4S/c24-15-5-3-4-14(10-15)21-20(22-25-16-6-1-2-7-18(16)31-22)26(12-13-8-9-13)23(29)17(30-21)11-19(27)28/h1-7,10,13,17,20-21H,8-9,11-12H2,(H,27,28). The molecular formula is C23H21ClN2O4S. The first-order valence-corrected chi connectivity index (χ1v) is 11.5. The Morgan fingerprint density at radius 1 is 1.23 bits per heavy atom. The number of carboxylic acid groups (broad SMARTS) is 1. The van der Waals surface area contributed by atoms with Crippen molar-refractivity contribution in [3.63, 3.8) is 0 Å². The summed E-state index contributed by atoms with van der Waals surface area (Å²) in [5.74, 6) is -0.908. The number of benzene rings is 2. The number of hydrogen-bond donors (Lipinski definition) is 1. The summed E-state index contributed by atoms with van der Waals surface area (Å²) in [4.78, 5) is 31.4. The summed E-state index contributed by atoms with van der Waals surface area (Å²) in [6.07, 6.45) is 0.181. The molecule has 2 fully saturated rings. The fourth-order valence-corrected chi connectivity index (χ4v) is 5.40. The molecule has 0 bridgehead atoms. The first-order chi connectivity index (χ1) is 15.0. The van der Waals surface area contributed by atoms with Crippen molar-refractivity contribution in [2.24, 2.45) is 5.92 Å². The van der Waals surface area contributed by atoms with Crippen LogP contribution in [-0.4, -0.2) is 39.5 Å². The second kappa shape index (κ2) is 8.22. The van der Waals surface area contributed by atoms with Crippen LogP contribution in [-0.2, 0) is 14.3 Å². The maximum Gasteiger partial charge on any atom is 0.306 e. The average molecular weight is 457 g/mol. The molecule has 2 heterocycles. The summed E-state index contributed by atoms with van der Waals surface area (Å²) in [5, 5.41) is 10.7. The highest BCUT2D eigenvalue weighted by Gasteiger charge is 2.47. The molecule has 6 nitrogen and oxygen atoms in total. The van der Waals surface area contributed by atoms with E-state index in [1.54, 1.807) is 22.3 Å². The quantitative estimate of drug-likeness (QED) is 0.573. The molecule has 2 aromatic carbocycles. The summed E-state index contributed by atoms with van der Waals surface area (Å²) < 4.78 is 7.22. The number of morpholine rings is 1. The van der Waals surface area contributed by atoms with E-state index >= 15 is 0 Å². The molecule has 3 atom stereocenters. The van der Waals surface area contributed by atoms with Crippen molar-refractivity contribution >= 4 is 45.0 Å². The maximum atomic E-state index is 13.4. The summed E-state index contributed by atoms with van der Waals surface area (Å²) in [7, 11) is 0. The molecule has 8 heteroatoms. The lowest BCUT2D eigenvalue weighted by Gasteiger charge is -2.43. The minimum Gasteiger partial charge on any atom is -0.481 e. The van der Waals surface area contributed by atoms with E-state index in [0.29, 0.717) is 17.5 Å². The van der Waals surface area contributed by atoms with Crippen molar-refractivity contribution < 1.29 is 19.4 Å². The SMILES string of the molecule is O=C(O)CC1OC(c2cccc(Cl)c2)C(c2nc3ccccc3s2)N(CC2CC2)C1=O. The first kappa shape index (κ1) is 20.4. The lowest BCUT2D eigenvalue weighted by Crippen LogP contribution is -2.52. The molecule has 0 spiro atoms. The van der Waals surface area contributed by atoms with E-state index in [0.717, 1.165) is 33.6 Å². The topological polar surface area (TPSA) is 79.7 Å². The highest BCUT2D eigenvalue weighted by molar-refractivity contribution is 7.18. The van der Waals surface area contributed by atoms with E-state index < -0.39 is 24.2 Å². The van der Waals surface area contributed by atoms with Gasteiger partial charge in [-0.15, -0.1) is 11.3 Å². The van der Waals surface area contributed by atoms with Crippen LogP contribution in [0.2, 0.25) is 5.02 Å². The number of carbonyl (C=O) groups is 2. The molecule has 1 saturated heterocycles. The largest absolute Gasteiger partial charge is 0.481 e. The van der Waals surface area contributed by atoms with Crippen LogP contribution in [0.4, 0.5) is 0 Å². The van der Waals surface area contributed by atoms with Crippen LogP contribution in [0.5, 0.6) is 0 Å². The molecule has 1 amide bonds. The first-order valence-electron chi connectivity index (χ1n) is 10.3. The monoisotopic (exact) mass is 456 g/mol. The van der Waals surface area contributed by atoms with E-state index in [1.165, 1.54) is 0 Å². The molecule has 3 aromatic rings. The zero-order valence-corrected chi connectivity index (χ0v) is 18.2. The zero-order chi connectivity index (χ0) is 21.5. The Kier molecular flexibility index (Phi) is 5.42. The molecule has 1 saturated carbocycles. The Labute approximate surface area is 188 Å². The van der Waals surface area contributed by atoms with Gasteiger partial charge in [-0.1, -0.05) is 35.9 Å². The summed E-state index contributed by atoms with van der Waals surface area (Å²) in [5.41, 5.74) is 1.68. The lowest BCUT2D eigenvalue weighted by atomic mass is 9.96. The number of fused-ring (bicyclic) bond motifs is 1. The van der Waals surface area contributed by atoms with Gasteiger partial charge in [-0.3, -0.25) is 9.59 Å². The van der Waals surface area contributed by atoms with E-state index in [-0.39, 0.29) is 12.3 Å². The molecule has 2 aliphatic rings. The molecule has 3 unspecified atom stereocenters. The van der Waals surface area contributed by atoms with Crippen molar-refractivity contribution in [1.82, 2.24) is 9.88 Å². The Morgan fingerprint density at radius 2 is 2.03 bits per heavy atom. The number of rotatable bonds is 6. The Bertz CT molecular complexity index is 1110. The lowest BCUT2D eigenvalue weighted by molar-refractivity contribution is -0.179. The summed E-state index contributed by atoms with van der Waals surface area (Å²) >= 11 is 7.80. The number of para-hydroxylation sites is 1. The van der Waals surface area contributed by atoms with Gasteiger partial charge >= 0.3 is 5.97 Å². The molecule has 160 valence electrons. The number of halogens is 1. The molecule has 1 aromatic heterocycles. The van der Waals surface area contributed by atoms with Gasteiger partial charge in [0.1, 0.15) is 23.3 Å². The molecule has 1 N–H and O–H groups in total. The smallest absolute Gasteiger partial charge is 0.306 e. The molecule has 0 radical (unpaired) electrons. The number of carbonyl (C=O) groups excluding carboxylic acids is 1. The van der Waals surface area contributed by atoms with Gasteiger partial charge < -0.3 is 14.7 Å². The zero-order valence-electron chi connectivity index (χ0n) is 16.6. The molecule has 1 aliphatic carbocycles. The van der Waals surface area contributed by atoms with Crippen LogP contribution in [0, 0.1) is 5.92 Å². The second-order valence-electron chi connectivity index (χ2n) is 8.10. The van der Waals surface area contributed by atoms with Crippen molar-refractivity contribution in [2.45, 2.75) is 37.5 Å². The van der Waals surface area contributed by atoms with E-state index in [2.05, 4.69) is 0 Å². The summed E-state index contributed by atoms with van der Waals surface area (Å²) in [6.45, 7) is 0.579. The number of amides is 1. The third kappa shape index (κ3) is 4.18. The number of carboxylic acids is 1. The maximum absolute atomic E-state index is 13.4. The highest BCUT2D eigenvalue weighted by Crippen LogP contribution is 2.46. The second-order valence-corrected chi connectivity index (χ2v) is 9.60. The van der Waals surface area contributed by atoms with Crippen LogP contribution in [0.25, 0.3) is 10.2 Å². The Morgan fingerprint density at radius 3 is 2.74 bits per heavy atom. The van der Waals surface area contributed by atoms with Gasteiger partial charge in [0.05, 0.1) is 16.6 Å². The fourth-order valence-electron chi connectivity index (χ4n) is 4.09. The van der Waals surface area contributed by atoms with Gasteiger partial charge in [-0.25, -0.2) is 4.98 Å². The van der Waals surface area contributed by atoms with Crippen LogP contribution >= 0.6 is 22.9 Å². The van der Waals surface area contributed by atoms with Crippen molar-refractivity contribution in [3.05, 3.63) is 64.1 Å². The van der Waals surface area contributed by atoms with E-state index in [1.807, 2.05) is 42.5 Å².